The minimum atomic E-state index is 0.0843. The minimum Gasteiger partial charge on any atom is -0.378 e. The summed E-state index contributed by atoms with van der Waals surface area (Å²) in [7, 11) is 4.04. The van der Waals surface area contributed by atoms with Crippen molar-refractivity contribution in [3.8, 4) is 0 Å². The zero-order valence-electron chi connectivity index (χ0n) is 15.0. The Labute approximate surface area is 149 Å². The molecule has 1 aliphatic rings. The predicted molar refractivity (Wildman–Crippen MR) is 103 cm³/mol. The highest BCUT2D eigenvalue weighted by Gasteiger charge is 2.17. The van der Waals surface area contributed by atoms with Gasteiger partial charge in [0.25, 0.3) is 5.91 Å². The summed E-state index contributed by atoms with van der Waals surface area (Å²) in [6.07, 6.45) is 8.02. The number of hydrogen-bond acceptors (Lipinski definition) is 4. The molecule has 3 rings (SSSR count). The smallest absolute Gasteiger partial charge is 0.255 e. The van der Waals surface area contributed by atoms with Crippen molar-refractivity contribution in [3.05, 3.63) is 48.3 Å². The van der Waals surface area contributed by atoms with Crippen molar-refractivity contribution in [2.75, 3.05) is 37.4 Å². The number of amides is 1. The maximum atomic E-state index is 12.7. The number of benzene rings is 1. The average Bonchev–Trinajstić information content (AvgIpc) is 2.91. The fourth-order valence-electron chi connectivity index (χ4n) is 3.09. The van der Waals surface area contributed by atoms with E-state index in [1.54, 1.807) is 12.4 Å². The summed E-state index contributed by atoms with van der Waals surface area (Å²) in [5.41, 5.74) is 3.61. The summed E-state index contributed by atoms with van der Waals surface area (Å²) >= 11 is 0. The van der Waals surface area contributed by atoms with Crippen LogP contribution in [0, 0.1) is 0 Å². The molecule has 0 radical (unpaired) electrons. The van der Waals surface area contributed by atoms with Crippen molar-refractivity contribution in [1.82, 2.24) is 9.88 Å². The Balaban J connectivity index is 1.71. The molecule has 0 bridgehead atoms. The highest BCUT2D eigenvalue weighted by molar-refractivity contribution is 5.95. The molecule has 1 aliphatic heterocycles. The van der Waals surface area contributed by atoms with Crippen molar-refractivity contribution in [2.24, 2.45) is 0 Å². The van der Waals surface area contributed by atoms with Crippen LogP contribution in [0.1, 0.15) is 36.0 Å². The summed E-state index contributed by atoms with van der Waals surface area (Å²) in [5.74, 6) is 0.0843. The Bertz CT molecular complexity index is 704. The second-order valence-corrected chi connectivity index (χ2v) is 6.74. The SMILES string of the molecule is CN(C)c1ccc(Nc2cncc(C(=O)N3CCCCCC3)c2)cc1. The van der Waals surface area contributed by atoms with Crippen LogP contribution in [0.15, 0.2) is 42.7 Å². The first-order valence-corrected chi connectivity index (χ1v) is 8.92. The van der Waals surface area contributed by atoms with Crippen molar-refractivity contribution in [3.63, 3.8) is 0 Å². The molecule has 0 saturated carbocycles. The monoisotopic (exact) mass is 338 g/mol. The second-order valence-electron chi connectivity index (χ2n) is 6.74. The van der Waals surface area contributed by atoms with E-state index in [4.69, 9.17) is 0 Å². The van der Waals surface area contributed by atoms with Crippen molar-refractivity contribution < 1.29 is 4.79 Å². The number of nitrogens with one attached hydrogen (secondary N) is 1. The van der Waals surface area contributed by atoms with Crippen LogP contribution in [-0.4, -0.2) is 43.0 Å². The molecule has 1 amide bonds. The van der Waals surface area contributed by atoms with Gasteiger partial charge in [0.1, 0.15) is 0 Å². The lowest BCUT2D eigenvalue weighted by Crippen LogP contribution is -2.31. The molecule has 1 N–H and O–H groups in total. The zero-order valence-corrected chi connectivity index (χ0v) is 15.0. The molecule has 1 fully saturated rings. The van der Waals surface area contributed by atoms with Crippen molar-refractivity contribution in [2.45, 2.75) is 25.7 Å². The van der Waals surface area contributed by atoms with Gasteiger partial charge >= 0.3 is 0 Å². The number of likely N-dealkylation sites (tertiary alicyclic amines) is 1. The van der Waals surface area contributed by atoms with E-state index in [2.05, 4.69) is 27.3 Å². The Hall–Kier alpha value is -2.56. The summed E-state index contributed by atoms with van der Waals surface area (Å²) in [5, 5.41) is 3.33. The lowest BCUT2D eigenvalue weighted by atomic mass is 10.2. The van der Waals surface area contributed by atoms with Gasteiger partial charge in [-0.1, -0.05) is 12.8 Å². The van der Waals surface area contributed by atoms with E-state index in [0.29, 0.717) is 5.56 Å². The van der Waals surface area contributed by atoms with Crippen LogP contribution >= 0.6 is 0 Å². The Morgan fingerprint density at radius 2 is 1.68 bits per heavy atom. The van der Waals surface area contributed by atoms with Crippen LogP contribution in [0.4, 0.5) is 17.1 Å². The number of carbonyl (C=O) groups is 1. The third-order valence-electron chi connectivity index (χ3n) is 4.55. The fraction of sp³-hybridized carbons (Fsp3) is 0.400. The quantitative estimate of drug-likeness (QED) is 0.918. The largest absolute Gasteiger partial charge is 0.378 e. The number of carbonyl (C=O) groups excluding carboxylic acids is 1. The zero-order chi connectivity index (χ0) is 17.6. The average molecular weight is 338 g/mol. The molecule has 1 aromatic carbocycles. The van der Waals surface area contributed by atoms with Gasteiger partial charge in [-0.3, -0.25) is 9.78 Å². The van der Waals surface area contributed by atoms with Crippen LogP contribution in [0.5, 0.6) is 0 Å². The van der Waals surface area contributed by atoms with Gasteiger partial charge in [-0.15, -0.1) is 0 Å². The number of nitrogens with zero attached hydrogens (tertiary/aromatic N) is 3. The van der Waals surface area contributed by atoms with Gasteiger partial charge in [0, 0.05) is 44.8 Å². The van der Waals surface area contributed by atoms with Crippen molar-refractivity contribution in [1.29, 1.82) is 0 Å². The van der Waals surface area contributed by atoms with Crippen molar-refractivity contribution >= 4 is 23.0 Å². The van der Waals surface area contributed by atoms with E-state index >= 15 is 0 Å². The standard InChI is InChI=1S/C20H26N4O/c1-23(2)19-9-7-17(8-10-19)22-18-13-16(14-21-15-18)20(25)24-11-5-3-4-6-12-24/h7-10,13-15,22H,3-6,11-12H2,1-2H3. The van der Waals surface area contributed by atoms with Gasteiger partial charge in [-0.25, -0.2) is 0 Å². The number of pyridine rings is 1. The van der Waals surface area contributed by atoms with Crippen LogP contribution in [0.25, 0.3) is 0 Å². The first kappa shape index (κ1) is 17.3. The molecule has 1 saturated heterocycles. The molecule has 1 aromatic heterocycles. The first-order chi connectivity index (χ1) is 12.1. The lowest BCUT2D eigenvalue weighted by Gasteiger charge is -2.20. The maximum absolute atomic E-state index is 12.7. The van der Waals surface area contributed by atoms with Gasteiger partial charge in [0.15, 0.2) is 0 Å². The summed E-state index contributed by atoms with van der Waals surface area (Å²) in [6.45, 7) is 1.70. The Morgan fingerprint density at radius 3 is 2.32 bits per heavy atom. The third kappa shape index (κ3) is 4.50. The summed E-state index contributed by atoms with van der Waals surface area (Å²) in [6, 6.07) is 10.1. The number of hydrogen-bond donors (Lipinski definition) is 1. The van der Waals surface area contributed by atoms with E-state index in [1.165, 1.54) is 12.8 Å². The normalized spacial score (nSPS) is 14.7. The molecule has 0 aliphatic carbocycles. The maximum Gasteiger partial charge on any atom is 0.255 e. The van der Waals surface area contributed by atoms with Crippen LogP contribution in [0.2, 0.25) is 0 Å². The highest BCUT2D eigenvalue weighted by atomic mass is 16.2. The molecule has 132 valence electrons. The van der Waals surface area contributed by atoms with E-state index < -0.39 is 0 Å². The van der Waals surface area contributed by atoms with Crippen LogP contribution in [0.3, 0.4) is 0 Å². The fourth-order valence-corrected chi connectivity index (χ4v) is 3.09. The Kier molecular flexibility index (Phi) is 5.53. The lowest BCUT2D eigenvalue weighted by molar-refractivity contribution is 0.0761. The third-order valence-corrected chi connectivity index (χ3v) is 4.55. The van der Waals surface area contributed by atoms with Gasteiger partial charge in [0.05, 0.1) is 17.4 Å². The molecule has 2 heterocycles. The topological polar surface area (TPSA) is 48.5 Å². The van der Waals surface area contributed by atoms with Gasteiger partial charge in [0.2, 0.25) is 0 Å². The molecule has 25 heavy (non-hydrogen) atoms. The highest BCUT2D eigenvalue weighted by Crippen LogP contribution is 2.21. The number of rotatable bonds is 4. The van der Waals surface area contributed by atoms with E-state index in [1.807, 2.05) is 37.2 Å². The molecular formula is C20H26N4O. The first-order valence-electron chi connectivity index (χ1n) is 8.92. The van der Waals surface area contributed by atoms with E-state index in [0.717, 1.165) is 43.0 Å². The molecule has 2 aromatic rings. The Morgan fingerprint density at radius 1 is 1.00 bits per heavy atom. The molecule has 5 nitrogen and oxygen atoms in total. The number of anilines is 3. The molecule has 0 spiro atoms. The van der Waals surface area contributed by atoms with Gasteiger partial charge in [-0.05, 0) is 43.2 Å². The van der Waals surface area contributed by atoms with Crippen LogP contribution in [-0.2, 0) is 0 Å². The van der Waals surface area contributed by atoms with Gasteiger partial charge < -0.3 is 15.1 Å². The molecule has 0 atom stereocenters. The second kappa shape index (κ2) is 8.01. The number of aromatic nitrogens is 1. The molecular weight excluding hydrogens is 312 g/mol. The van der Waals surface area contributed by atoms with E-state index in [-0.39, 0.29) is 5.91 Å². The summed E-state index contributed by atoms with van der Waals surface area (Å²) in [4.78, 5) is 21.0. The minimum absolute atomic E-state index is 0.0843. The predicted octanol–water partition coefficient (Wildman–Crippen LogP) is 3.91. The molecule has 5 heteroatoms. The van der Waals surface area contributed by atoms with Gasteiger partial charge in [-0.2, -0.15) is 0 Å². The van der Waals surface area contributed by atoms with E-state index in [9.17, 15) is 4.79 Å². The summed E-state index contributed by atoms with van der Waals surface area (Å²) < 4.78 is 0. The molecule has 0 unspecified atom stereocenters. The van der Waals surface area contributed by atoms with Crippen LogP contribution < -0.4 is 10.2 Å².